The maximum absolute atomic E-state index is 13.6. The zero-order valence-electron chi connectivity index (χ0n) is 17.8. The second kappa shape index (κ2) is 9.31. The number of rotatable bonds is 8. The number of halogens is 1. The van der Waals surface area contributed by atoms with Crippen LogP contribution in [0.2, 0.25) is 0 Å². The van der Waals surface area contributed by atoms with Crippen molar-refractivity contribution in [2.45, 2.75) is 38.4 Å². The van der Waals surface area contributed by atoms with Crippen molar-refractivity contribution >= 4 is 11.6 Å². The van der Waals surface area contributed by atoms with Crippen LogP contribution in [-0.2, 0) is 11.3 Å². The molecule has 160 valence electrons. The Labute approximate surface area is 182 Å². The van der Waals surface area contributed by atoms with Gasteiger partial charge in [-0.15, -0.1) is 0 Å². The molecule has 1 aliphatic carbocycles. The standard InChI is InChI=1S/C26H27FN2O2/c1-18-8-15-24(31-2)23(16-18)28-26(30)25(20-6-4-3-5-7-20)29(22-13-14-22)17-19-9-11-21(27)12-10-19/h3-12,15-16,22,25H,13-14,17H2,1-2H3,(H,28,30)/t25-/m1/s1. The van der Waals surface area contributed by atoms with Crippen LogP contribution in [0, 0.1) is 12.7 Å². The molecule has 0 bridgehead atoms. The minimum absolute atomic E-state index is 0.107. The first-order valence-corrected chi connectivity index (χ1v) is 10.6. The molecule has 0 heterocycles. The number of ether oxygens (including phenoxy) is 1. The van der Waals surface area contributed by atoms with Crippen LogP contribution in [0.1, 0.15) is 35.6 Å². The third-order valence-corrected chi connectivity index (χ3v) is 5.60. The van der Waals surface area contributed by atoms with Crippen LogP contribution in [0.15, 0.2) is 72.8 Å². The molecule has 0 radical (unpaired) electrons. The van der Waals surface area contributed by atoms with Gasteiger partial charge >= 0.3 is 0 Å². The molecule has 1 amide bonds. The summed E-state index contributed by atoms with van der Waals surface area (Å²) in [6, 6.07) is 21.9. The number of aryl methyl sites for hydroxylation is 1. The second-order valence-electron chi connectivity index (χ2n) is 8.04. The normalized spacial score (nSPS) is 14.3. The highest BCUT2D eigenvalue weighted by Gasteiger charge is 2.38. The number of nitrogens with zero attached hydrogens (tertiary/aromatic N) is 1. The molecular formula is C26H27FN2O2. The molecule has 1 N–H and O–H groups in total. The average Bonchev–Trinajstić information content (AvgIpc) is 3.61. The van der Waals surface area contributed by atoms with Crippen molar-refractivity contribution in [1.29, 1.82) is 0 Å². The minimum Gasteiger partial charge on any atom is -0.495 e. The van der Waals surface area contributed by atoms with E-state index in [9.17, 15) is 9.18 Å². The predicted octanol–water partition coefficient (Wildman–Crippen LogP) is 5.49. The number of carbonyl (C=O) groups excluding carboxylic acids is 1. The van der Waals surface area contributed by atoms with Crippen molar-refractivity contribution in [3.63, 3.8) is 0 Å². The summed E-state index contributed by atoms with van der Waals surface area (Å²) in [6.07, 6.45) is 2.09. The molecule has 1 fully saturated rings. The lowest BCUT2D eigenvalue weighted by molar-refractivity contribution is -0.122. The molecule has 0 saturated heterocycles. The summed E-state index contributed by atoms with van der Waals surface area (Å²) in [5.74, 6) is 0.261. The lowest BCUT2D eigenvalue weighted by Gasteiger charge is -2.31. The lowest BCUT2D eigenvalue weighted by Crippen LogP contribution is -2.38. The fourth-order valence-electron chi connectivity index (χ4n) is 3.89. The van der Waals surface area contributed by atoms with Crippen molar-refractivity contribution in [3.05, 3.63) is 95.3 Å². The van der Waals surface area contributed by atoms with Crippen LogP contribution in [0.3, 0.4) is 0 Å². The summed E-state index contributed by atoms with van der Waals surface area (Å²) in [4.78, 5) is 15.9. The molecule has 4 nitrogen and oxygen atoms in total. The highest BCUT2D eigenvalue weighted by molar-refractivity contribution is 5.97. The number of nitrogens with one attached hydrogen (secondary N) is 1. The number of benzene rings is 3. The van der Waals surface area contributed by atoms with Gasteiger partial charge in [0.15, 0.2) is 0 Å². The van der Waals surface area contributed by atoms with E-state index in [1.807, 2.05) is 55.5 Å². The summed E-state index contributed by atoms with van der Waals surface area (Å²) in [5.41, 5.74) is 3.61. The van der Waals surface area contributed by atoms with Crippen LogP contribution >= 0.6 is 0 Å². The van der Waals surface area contributed by atoms with Crippen molar-refractivity contribution in [3.8, 4) is 5.75 Å². The lowest BCUT2D eigenvalue weighted by atomic mass is 10.0. The van der Waals surface area contributed by atoms with Gasteiger partial charge in [0.2, 0.25) is 5.91 Å². The first-order chi connectivity index (χ1) is 15.0. The Kier molecular flexibility index (Phi) is 6.33. The predicted molar refractivity (Wildman–Crippen MR) is 121 cm³/mol. The van der Waals surface area contributed by atoms with Gasteiger partial charge in [-0.2, -0.15) is 0 Å². The Bertz CT molecular complexity index is 1030. The molecule has 31 heavy (non-hydrogen) atoms. The summed E-state index contributed by atoms with van der Waals surface area (Å²) in [6.45, 7) is 2.55. The number of hydrogen-bond acceptors (Lipinski definition) is 3. The van der Waals surface area contributed by atoms with Gasteiger partial charge < -0.3 is 10.1 Å². The highest BCUT2D eigenvalue weighted by atomic mass is 19.1. The smallest absolute Gasteiger partial charge is 0.246 e. The Hall–Kier alpha value is -3.18. The molecule has 4 rings (SSSR count). The zero-order valence-corrected chi connectivity index (χ0v) is 17.8. The Morgan fingerprint density at radius 3 is 2.45 bits per heavy atom. The number of hydrogen-bond donors (Lipinski definition) is 1. The molecule has 0 aromatic heterocycles. The van der Waals surface area contributed by atoms with Crippen LogP contribution in [0.25, 0.3) is 0 Å². The van der Waals surface area contributed by atoms with E-state index in [1.165, 1.54) is 12.1 Å². The monoisotopic (exact) mass is 418 g/mol. The highest BCUT2D eigenvalue weighted by Crippen LogP contribution is 2.37. The first kappa shape index (κ1) is 21.1. The SMILES string of the molecule is COc1ccc(C)cc1NC(=O)[C@@H](c1ccccc1)N(Cc1ccc(F)cc1)C1CC1. The number of anilines is 1. The van der Waals surface area contributed by atoms with Crippen LogP contribution in [0.5, 0.6) is 5.75 Å². The maximum Gasteiger partial charge on any atom is 0.246 e. The van der Waals surface area contributed by atoms with Gasteiger partial charge in [0, 0.05) is 12.6 Å². The van der Waals surface area contributed by atoms with Crippen LogP contribution in [-0.4, -0.2) is 24.0 Å². The fourth-order valence-corrected chi connectivity index (χ4v) is 3.89. The van der Waals surface area contributed by atoms with Gasteiger partial charge in [0.1, 0.15) is 17.6 Å². The molecule has 0 unspecified atom stereocenters. The number of amides is 1. The Morgan fingerprint density at radius 1 is 1.10 bits per heavy atom. The van der Waals surface area contributed by atoms with Gasteiger partial charge in [-0.1, -0.05) is 48.5 Å². The summed E-state index contributed by atoms with van der Waals surface area (Å²) in [5, 5.41) is 3.09. The Morgan fingerprint density at radius 2 is 1.81 bits per heavy atom. The van der Waals surface area contributed by atoms with E-state index < -0.39 is 6.04 Å². The van der Waals surface area contributed by atoms with E-state index in [0.29, 0.717) is 24.0 Å². The van der Waals surface area contributed by atoms with Crippen molar-refractivity contribution in [2.75, 3.05) is 12.4 Å². The third kappa shape index (κ3) is 5.12. The van der Waals surface area contributed by atoms with Crippen LogP contribution < -0.4 is 10.1 Å². The van der Waals surface area contributed by atoms with Crippen LogP contribution in [0.4, 0.5) is 10.1 Å². The molecule has 1 atom stereocenters. The molecule has 0 spiro atoms. The molecule has 3 aromatic carbocycles. The van der Waals surface area contributed by atoms with Crippen molar-refractivity contribution in [1.82, 2.24) is 4.90 Å². The fraction of sp³-hybridized carbons (Fsp3) is 0.269. The summed E-state index contributed by atoms with van der Waals surface area (Å²) < 4.78 is 18.9. The molecule has 3 aromatic rings. The third-order valence-electron chi connectivity index (χ3n) is 5.60. The van der Waals surface area contributed by atoms with Crippen molar-refractivity contribution < 1.29 is 13.9 Å². The molecule has 1 aliphatic rings. The molecule has 0 aliphatic heterocycles. The number of carbonyl (C=O) groups is 1. The van der Waals surface area contributed by atoms with Gasteiger partial charge in [0.25, 0.3) is 0 Å². The first-order valence-electron chi connectivity index (χ1n) is 10.6. The van der Waals surface area contributed by atoms with Crippen molar-refractivity contribution in [2.24, 2.45) is 0 Å². The van der Waals surface area contributed by atoms with E-state index in [-0.39, 0.29) is 11.7 Å². The van der Waals surface area contributed by atoms with Gasteiger partial charge in [-0.25, -0.2) is 4.39 Å². The molecule has 1 saturated carbocycles. The summed E-state index contributed by atoms with van der Waals surface area (Å²) in [7, 11) is 1.60. The van der Waals surface area contributed by atoms with Gasteiger partial charge in [-0.05, 0) is 60.7 Å². The zero-order chi connectivity index (χ0) is 21.8. The van der Waals surface area contributed by atoms with E-state index in [2.05, 4.69) is 10.2 Å². The minimum atomic E-state index is -0.469. The summed E-state index contributed by atoms with van der Waals surface area (Å²) >= 11 is 0. The Balaban J connectivity index is 1.67. The largest absolute Gasteiger partial charge is 0.495 e. The maximum atomic E-state index is 13.6. The van der Waals surface area contributed by atoms with E-state index in [0.717, 1.165) is 29.5 Å². The quantitative estimate of drug-likeness (QED) is 0.526. The molecule has 5 heteroatoms. The number of methoxy groups -OCH3 is 1. The van der Waals surface area contributed by atoms with E-state index >= 15 is 0 Å². The molecular weight excluding hydrogens is 391 g/mol. The van der Waals surface area contributed by atoms with E-state index in [4.69, 9.17) is 4.74 Å². The van der Waals surface area contributed by atoms with E-state index in [1.54, 1.807) is 19.2 Å². The average molecular weight is 419 g/mol. The van der Waals surface area contributed by atoms with Gasteiger partial charge in [-0.3, -0.25) is 9.69 Å². The van der Waals surface area contributed by atoms with Gasteiger partial charge in [0.05, 0.1) is 12.8 Å². The topological polar surface area (TPSA) is 41.6 Å². The second-order valence-corrected chi connectivity index (χ2v) is 8.04.